The van der Waals surface area contributed by atoms with Crippen molar-refractivity contribution < 1.29 is 22.3 Å². The van der Waals surface area contributed by atoms with Crippen LogP contribution in [0.15, 0.2) is 47.6 Å². The maximum atomic E-state index is 14.5. The molecule has 1 amide bonds. The number of pyridine rings is 1. The molecule has 1 aromatic carbocycles. The Labute approximate surface area is 227 Å². The van der Waals surface area contributed by atoms with Crippen molar-refractivity contribution in [2.24, 2.45) is 11.8 Å². The zero-order valence-electron chi connectivity index (χ0n) is 22.6. The minimum Gasteiger partial charge on any atom is -0.493 e. The summed E-state index contributed by atoms with van der Waals surface area (Å²) in [5.41, 5.74) is 5.77. The molecule has 0 radical (unpaired) electrons. The number of nitrogen functional groups attached to an aromatic ring is 1. The molecule has 1 fully saturated rings. The quantitative estimate of drug-likeness (QED) is 0.421. The average molecular weight is 557 g/mol. The number of ether oxygens (including phenoxy) is 1. The number of hydrogen-bond donors (Lipinski definition) is 2. The summed E-state index contributed by atoms with van der Waals surface area (Å²) in [6.07, 6.45) is 2.13. The number of benzene rings is 1. The highest BCUT2D eigenvalue weighted by Crippen LogP contribution is 2.38. The van der Waals surface area contributed by atoms with Gasteiger partial charge in [-0.2, -0.15) is 8.42 Å². The lowest BCUT2D eigenvalue weighted by atomic mass is 9.97. The number of carbonyl (C=O) groups excluding carboxylic acids is 1. The summed E-state index contributed by atoms with van der Waals surface area (Å²) in [6, 6.07) is 8.35. The van der Waals surface area contributed by atoms with E-state index in [0.717, 1.165) is 6.42 Å². The average Bonchev–Trinajstić information content (AvgIpc) is 3.13. The fraction of sp³-hybridized carbons (Fsp3) is 0.407. The third-order valence-electron chi connectivity index (χ3n) is 6.30. The van der Waals surface area contributed by atoms with E-state index in [1.54, 1.807) is 6.07 Å². The highest BCUT2D eigenvalue weighted by atomic mass is 32.2. The van der Waals surface area contributed by atoms with Gasteiger partial charge in [0.05, 0.1) is 18.5 Å². The zero-order chi connectivity index (χ0) is 28.5. The molecule has 0 aliphatic carbocycles. The first-order valence-electron chi connectivity index (χ1n) is 12.6. The Morgan fingerprint density at radius 3 is 2.64 bits per heavy atom. The normalized spacial score (nSPS) is 16.9. The largest absolute Gasteiger partial charge is 0.493 e. The summed E-state index contributed by atoms with van der Waals surface area (Å²) in [4.78, 5) is 28.1. The van der Waals surface area contributed by atoms with E-state index >= 15 is 0 Å². The van der Waals surface area contributed by atoms with Crippen molar-refractivity contribution in [3.8, 4) is 17.0 Å². The van der Waals surface area contributed by atoms with Crippen LogP contribution in [0.2, 0.25) is 0 Å². The van der Waals surface area contributed by atoms with Gasteiger partial charge in [-0.1, -0.05) is 26.8 Å². The number of nitrogens with one attached hydrogen (secondary N) is 1. The van der Waals surface area contributed by atoms with Crippen LogP contribution in [0.25, 0.3) is 11.3 Å². The van der Waals surface area contributed by atoms with E-state index < -0.39 is 32.3 Å². The van der Waals surface area contributed by atoms with Gasteiger partial charge >= 0.3 is 0 Å². The highest BCUT2D eigenvalue weighted by Gasteiger charge is 2.40. The minimum atomic E-state index is -4.34. The van der Waals surface area contributed by atoms with Crippen molar-refractivity contribution in [1.29, 1.82) is 0 Å². The molecule has 208 valence electrons. The van der Waals surface area contributed by atoms with Crippen LogP contribution in [0, 0.1) is 17.7 Å². The van der Waals surface area contributed by atoms with Gasteiger partial charge in [0.25, 0.3) is 15.9 Å². The molecule has 3 N–H and O–H groups in total. The molecule has 3 heterocycles. The van der Waals surface area contributed by atoms with E-state index in [1.165, 1.54) is 36.5 Å². The molecule has 1 aliphatic heterocycles. The van der Waals surface area contributed by atoms with Gasteiger partial charge in [0.1, 0.15) is 17.4 Å². The van der Waals surface area contributed by atoms with Crippen molar-refractivity contribution in [2.75, 3.05) is 23.8 Å². The Bertz CT molecular complexity index is 1500. The van der Waals surface area contributed by atoms with Gasteiger partial charge < -0.3 is 15.4 Å². The van der Waals surface area contributed by atoms with Crippen LogP contribution in [0.5, 0.6) is 5.75 Å². The fourth-order valence-electron chi connectivity index (χ4n) is 4.69. The third kappa shape index (κ3) is 6.44. The van der Waals surface area contributed by atoms with Crippen LogP contribution in [-0.2, 0) is 10.0 Å². The van der Waals surface area contributed by atoms with Gasteiger partial charge in [0.15, 0.2) is 16.5 Å². The predicted molar refractivity (Wildman–Crippen MR) is 146 cm³/mol. The topological polar surface area (TPSA) is 140 Å². The maximum absolute atomic E-state index is 14.5. The molecule has 2 aromatic heterocycles. The molecule has 0 bridgehead atoms. The monoisotopic (exact) mass is 556 g/mol. The fourth-order valence-corrected chi connectivity index (χ4v) is 5.61. The van der Waals surface area contributed by atoms with E-state index in [2.05, 4.69) is 16.9 Å². The lowest BCUT2D eigenvalue weighted by Crippen LogP contribution is -2.41. The van der Waals surface area contributed by atoms with Crippen molar-refractivity contribution in [2.45, 2.75) is 51.6 Å². The second kappa shape index (κ2) is 10.8. The maximum Gasteiger partial charge on any atom is 0.287 e. The van der Waals surface area contributed by atoms with Gasteiger partial charge in [0.2, 0.25) is 0 Å². The highest BCUT2D eigenvalue weighted by molar-refractivity contribution is 7.90. The van der Waals surface area contributed by atoms with E-state index in [9.17, 15) is 17.6 Å². The Morgan fingerprint density at radius 2 is 2.00 bits per heavy atom. The van der Waals surface area contributed by atoms with Crippen LogP contribution in [0.3, 0.4) is 0 Å². The Kier molecular flexibility index (Phi) is 7.78. The zero-order valence-corrected chi connectivity index (χ0v) is 23.4. The van der Waals surface area contributed by atoms with Gasteiger partial charge in [0, 0.05) is 23.7 Å². The number of carbonyl (C=O) groups is 1. The van der Waals surface area contributed by atoms with Crippen molar-refractivity contribution >= 4 is 27.6 Å². The summed E-state index contributed by atoms with van der Waals surface area (Å²) in [6.45, 7) is 11.1. The van der Waals surface area contributed by atoms with E-state index in [0.29, 0.717) is 30.2 Å². The third-order valence-corrected chi connectivity index (χ3v) is 7.53. The number of halogens is 1. The summed E-state index contributed by atoms with van der Waals surface area (Å²) in [7, 11) is -4.34. The molecule has 0 unspecified atom stereocenters. The second-order valence-corrected chi connectivity index (χ2v) is 12.5. The molecule has 3 aromatic rings. The van der Waals surface area contributed by atoms with Gasteiger partial charge in [-0.15, -0.1) is 0 Å². The molecule has 12 heteroatoms. The Morgan fingerprint density at radius 1 is 1.26 bits per heavy atom. The number of aromatic nitrogens is 3. The molecule has 4 rings (SSSR count). The molecule has 1 aliphatic rings. The lowest BCUT2D eigenvalue weighted by Gasteiger charge is -2.33. The standard InChI is InChI=1S/C27H33FN6O4S/c1-16(2)15-38-20-10-18(9-19(28)11-20)21-13-30-24(25(31-21)34-14-17(3)12-27(34,4)5)26(35)33-39(36,37)23-8-6-7-22(29)32-23/h6-11,13,16-17H,12,14-15H2,1-5H3,(H2,29,32)(H,33,35)/t17-/m0/s1. The molecular weight excluding hydrogens is 523 g/mol. The van der Waals surface area contributed by atoms with Crippen molar-refractivity contribution in [3.05, 3.63) is 54.1 Å². The smallest absolute Gasteiger partial charge is 0.287 e. The Balaban J connectivity index is 1.76. The van der Waals surface area contributed by atoms with Gasteiger partial charge in [-0.25, -0.2) is 24.1 Å². The first-order chi connectivity index (χ1) is 18.2. The number of anilines is 2. The molecule has 1 saturated heterocycles. The second-order valence-electron chi connectivity index (χ2n) is 10.9. The number of nitrogens with two attached hydrogens (primary N) is 1. The van der Waals surface area contributed by atoms with Gasteiger partial charge in [-0.05, 0) is 56.4 Å². The van der Waals surface area contributed by atoms with E-state index in [4.69, 9.17) is 15.5 Å². The lowest BCUT2D eigenvalue weighted by molar-refractivity contribution is 0.0976. The van der Waals surface area contributed by atoms with Crippen molar-refractivity contribution in [1.82, 2.24) is 19.7 Å². The van der Waals surface area contributed by atoms with Crippen LogP contribution >= 0.6 is 0 Å². The number of sulfonamides is 1. The molecule has 1 atom stereocenters. The summed E-state index contributed by atoms with van der Waals surface area (Å²) in [5, 5.41) is -0.397. The number of nitrogens with zero attached hydrogens (tertiary/aromatic N) is 4. The van der Waals surface area contributed by atoms with E-state index in [1.807, 2.05) is 37.3 Å². The van der Waals surface area contributed by atoms with Gasteiger partial charge in [-0.3, -0.25) is 4.79 Å². The minimum absolute atomic E-state index is 0.00482. The molecular formula is C27H33FN6O4S. The molecule has 10 nitrogen and oxygen atoms in total. The molecule has 0 spiro atoms. The van der Waals surface area contributed by atoms with Crippen LogP contribution in [0.1, 0.15) is 51.5 Å². The van der Waals surface area contributed by atoms with Crippen LogP contribution in [-0.4, -0.2) is 48.0 Å². The number of hydrogen-bond acceptors (Lipinski definition) is 9. The van der Waals surface area contributed by atoms with Crippen LogP contribution in [0.4, 0.5) is 16.0 Å². The number of rotatable bonds is 8. The van der Waals surface area contributed by atoms with Crippen molar-refractivity contribution in [3.63, 3.8) is 0 Å². The summed E-state index contributed by atoms with van der Waals surface area (Å²) in [5.74, 6) is -0.402. The Hall–Kier alpha value is -3.80. The molecule has 0 saturated carbocycles. The molecule has 39 heavy (non-hydrogen) atoms. The first kappa shape index (κ1) is 28.2. The first-order valence-corrected chi connectivity index (χ1v) is 14.1. The summed E-state index contributed by atoms with van der Waals surface area (Å²) < 4.78 is 48.0. The van der Waals surface area contributed by atoms with Crippen LogP contribution < -0.4 is 20.1 Å². The summed E-state index contributed by atoms with van der Waals surface area (Å²) >= 11 is 0. The number of amides is 1. The predicted octanol–water partition coefficient (Wildman–Crippen LogP) is 4.04. The van der Waals surface area contributed by atoms with E-state index in [-0.39, 0.29) is 29.2 Å². The SMILES string of the molecule is CC(C)COc1cc(F)cc(-c2cnc(C(=O)NS(=O)(=O)c3cccc(N)n3)c(N3C[C@@H](C)CC3(C)C)n2)c1.